The summed E-state index contributed by atoms with van der Waals surface area (Å²) in [6.07, 6.45) is 1.79. The van der Waals surface area contributed by atoms with Crippen LogP contribution in [0.2, 0.25) is 0 Å². The molecule has 0 N–H and O–H groups in total. The molecule has 1 aromatic heterocycles. The molecule has 124 valence electrons. The molecule has 1 saturated heterocycles. The number of aromatic nitrogens is 1. The highest BCUT2D eigenvalue weighted by atomic mass is 32.1. The van der Waals surface area contributed by atoms with Crippen LogP contribution in [0.25, 0.3) is 5.70 Å². The molecule has 2 aromatic rings. The van der Waals surface area contributed by atoms with Gasteiger partial charge >= 0.3 is 0 Å². The highest BCUT2D eigenvalue weighted by Gasteiger charge is 2.21. The Morgan fingerprint density at radius 1 is 1.04 bits per heavy atom. The fourth-order valence-electron chi connectivity index (χ4n) is 3.03. The van der Waals surface area contributed by atoms with Crippen LogP contribution in [-0.2, 0) is 0 Å². The number of pyridine rings is 1. The second-order valence-corrected chi connectivity index (χ2v) is 6.38. The maximum Gasteiger partial charge on any atom is 0.231 e. The lowest BCUT2D eigenvalue weighted by molar-refractivity contribution is 0.174. The van der Waals surface area contributed by atoms with Crippen LogP contribution in [0.1, 0.15) is 5.56 Å². The molecule has 3 heterocycles. The van der Waals surface area contributed by atoms with Gasteiger partial charge in [0.2, 0.25) is 6.79 Å². The molecule has 6 heteroatoms. The Labute approximate surface area is 146 Å². The molecule has 0 radical (unpaired) electrons. The largest absolute Gasteiger partial charge is 0.454 e. The summed E-state index contributed by atoms with van der Waals surface area (Å²) in [7, 11) is 0. The van der Waals surface area contributed by atoms with Crippen LogP contribution in [0.4, 0.5) is 5.82 Å². The zero-order valence-corrected chi connectivity index (χ0v) is 14.2. The molecule has 0 atom stereocenters. The van der Waals surface area contributed by atoms with Gasteiger partial charge in [0.15, 0.2) is 11.5 Å². The molecule has 2 aliphatic heterocycles. The van der Waals surface area contributed by atoms with Gasteiger partial charge in [-0.15, -0.1) is 12.6 Å². The number of ether oxygens (including phenoxy) is 2. The van der Waals surface area contributed by atoms with Crippen LogP contribution < -0.4 is 14.4 Å². The molecule has 0 unspecified atom stereocenters. The van der Waals surface area contributed by atoms with Gasteiger partial charge in [-0.25, -0.2) is 4.98 Å². The third kappa shape index (κ3) is 2.89. The van der Waals surface area contributed by atoms with Gasteiger partial charge in [-0.05, 0) is 30.3 Å². The first-order valence-electron chi connectivity index (χ1n) is 7.94. The molecule has 24 heavy (non-hydrogen) atoms. The van der Waals surface area contributed by atoms with Crippen LogP contribution in [0.15, 0.2) is 48.0 Å². The number of rotatable bonds is 3. The first-order valence-corrected chi connectivity index (χ1v) is 8.39. The van der Waals surface area contributed by atoms with Gasteiger partial charge in [0.05, 0.1) is 0 Å². The summed E-state index contributed by atoms with van der Waals surface area (Å²) in [6, 6.07) is 9.98. The Kier molecular flexibility index (Phi) is 3.98. The first kappa shape index (κ1) is 15.2. The van der Waals surface area contributed by atoms with Gasteiger partial charge in [-0.1, -0.05) is 6.58 Å². The lowest BCUT2D eigenvalue weighted by Gasteiger charge is -2.37. The topological polar surface area (TPSA) is 37.8 Å². The van der Waals surface area contributed by atoms with Crippen LogP contribution in [0.3, 0.4) is 0 Å². The van der Waals surface area contributed by atoms with Crippen molar-refractivity contribution in [3.63, 3.8) is 0 Å². The van der Waals surface area contributed by atoms with E-state index in [1.165, 1.54) is 0 Å². The van der Waals surface area contributed by atoms with E-state index in [2.05, 4.69) is 34.0 Å². The van der Waals surface area contributed by atoms with Crippen molar-refractivity contribution in [3.05, 3.63) is 48.7 Å². The number of benzene rings is 1. The molecular weight excluding hydrogens is 322 g/mol. The van der Waals surface area contributed by atoms with Crippen molar-refractivity contribution in [2.24, 2.45) is 0 Å². The molecule has 5 nitrogen and oxygen atoms in total. The van der Waals surface area contributed by atoms with Crippen LogP contribution >= 0.6 is 12.6 Å². The molecule has 0 bridgehead atoms. The van der Waals surface area contributed by atoms with E-state index in [0.29, 0.717) is 6.79 Å². The van der Waals surface area contributed by atoms with Gasteiger partial charge in [0.1, 0.15) is 5.82 Å². The van der Waals surface area contributed by atoms with Crippen molar-refractivity contribution in [3.8, 4) is 11.5 Å². The molecule has 4 rings (SSSR count). The van der Waals surface area contributed by atoms with E-state index < -0.39 is 0 Å². The molecule has 2 aliphatic rings. The van der Waals surface area contributed by atoms with E-state index >= 15 is 0 Å². The summed E-state index contributed by atoms with van der Waals surface area (Å²) >= 11 is 4.28. The second-order valence-electron chi connectivity index (χ2n) is 5.86. The van der Waals surface area contributed by atoms with Gasteiger partial charge in [0, 0.05) is 48.5 Å². The molecular formula is C18H19N3O2S. The number of fused-ring (bicyclic) bond motifs is 1. The van der Waals surface area contributed by atoms with Crippen molar-refractivity contribution < 1.29 is 9.47 Å². The average Bonchev–Trinajstić information content (AvgIpc) is 3.09. The highest BCUT2D eigenvalue weighted by Crippen LogP contribution is 2.35. The number of hydrogen-bond acceptors (Lipinski definition) is 6. The van der Waals surface area contributed by atoms with Crippen LogP contribution in [0.5, 0.6) is 11.5 Å². The van der Waals surface area contributed by atoms with Crippen molar-refractivity contribution in [2.45, 2.75) is 4.90 Å². The minimum atomic E-state index is 0.294. The smallest absolute Gasteiger partial charge is 0.231 e. The minimum absolute atomic E-state index is 0.294. The number of piperazine rings is 1. The lowest BCUT2D eigenvalue weighted by atomic mass is 10.1. The molecule has 0 aliphatic carbocycles. The number of anilines is 1. The maximum absolute atomic E-state index is 5.46. The zero-order chi connectivity index (χ0) is 16.5. The predicted molar refractivity (Wildman–Crippen MR) is 96.9 cm³/mol. The van der Waals surface area contributed by atoms with Crippen LogP contribution in [0, 0.1) is 0 Å². The van der Waals surface area contributed by atoms with Crippen molar-refractivity contribution in [1.82, 2.24) is 9.88 Å². The Balaban J connectivity index is 1.42. The summed E-state index contributed by atoms with van der Waals surface area (Å²) in [5, 5.41) is 0. The molecule has 1 fully saturated rings. The number of hydrogen-bond donors (Lipinski definition) is 1. The Morgan fingerprint density at radius 2 is 1.83 bits per heavy atom. The third-order valence-electron chi connectivity index (χ3n) is 4.42. The zero-order valence-electron chi connectivity index (χ0n) is 13.3. The summed E-state index contributed by atoms with van der Waals surface area (Å²) in [4.78, 5) is 9.93. The normalized spacial score (nSPS) is 16.4. The Morgan fingerprint density at radius 3 is 2.58 bits per heavy atom. The summed E-state index contributed by atoms with van der Waals surface area (Å²) in [5.74, 6) is 2.60. The van der Waals surface area contributed by atoms with Crippen molar-refractivity contribution in [2.75, 3.05) is 37.9 Å². The van der Waals surface area contributed by atoms with Gasteiger partial charge < -0.3 is 19.3 Å². The Bertz CT molecular complexity index is 755. The third-order valence-corrected chi connectivity index (χ3v) is 4.69. The van der Waals surface area contributed by atoms with E-state index in [4.69, 9.17) is 9.47 Å². The standard InChI is InChI=1S/C18H19N3O2S/c1-13(14-2-4-16-17(10-14)23-12-22-16)20-6-8-21(9-7-20)18-5-3-15(24)11-19-18/h2-5,10-11,24H,1,6-9,12H2. The summed E-state index contributed by atoms with van der Waals surface area (Å²) in [6.45, 7) is 8.23. The lowest BCUT2D eigenvalue weighted by Crippen LogP contribution is -2.45. The fourth-order valence-corrected chi connectivity index (χ4v) is 3.16. The fraction of sp³-hybridized carbons (Fsp3) is 0.278. The molecule has 0 amide bonds. The van der Waals surface area contributed by atoms with Crippen molar-refractivity contribution in [1.29, 1.82) is 0 Å². The van der Waals surface area contributed by atoms with Crippen LogP contribution in [-0.4, -0.2) is 42.9 Å². The highest BCUT2D eigenvalue weighted by molar-refractivity contribution is 7.80. The van der Waals surface area contributed by atoms with E-state index in [-0.39, 0.29) is 0 Å². The van der Waals surface area contributed by atoms with Gasteiger partial charge in [-0.2, -0.15) is 0 Å². The molecule has 0 saturated carbocycles. The monoisotopic (exact) mass is 341 g/mol. The van der Waals surface area contributed by atoms with E-state index in [0.717, 1.165) is 59.7 Å². The average molecular weight is 341 g/mol. The quantitative estimate of drug-likeness (QED) is 0.869. The predicted octanol–water partition coefficient (Wildman–Crippen LogP) is 2.89. The van der Waals surface area contributed by atoms with Crippen molar-refractivity contribution >= 4 is 24.1 Å². The SMILES string of the molecule is C=C(c1ccc2c(c1)OCO2)N1CCN(c2ccc(S)cn2)CC1. The summed E-state index contributed by atoms with van der Waals surface area (Å²) in [5.41, 5.74) is 2.09. The Hall–Kier alpha value is -2.34. The van der Waals surface area contributed by atoms with E-state index in [9.17, 15) is 0 Å². The van der Waals surface area contributed by atoms with Gasteiger partial charge in [0.25, 0.3) is 0 Å². The number of nitrogens with zero attached hydrogens (tertiary/aromatic N) is 3. The minimum Gasteiger partial charge on any atom is -0.454 e. The van der Waals surface area contributed by atoms with E-state index in [1.807, 2.05) is 30.3 Å². The molecule has 0 spiro atoms. The van der Waals surface area contributed by atoms with Gasteiger partial charge in [-0.3, -0.25) is 0 Å². The first-order chi connectivity index (χ1) is 11.7. The second kappa shape index (κ2) is 6.28. The van der Waals surface area contributed by atoms with E-state index in [1.54, 1.807) is 6.20 Å². The number of thiol groups is 1. The molecule has 1 aromatic carbocycles. The maximum atomic E-state index is 5.46. The summed E-state index contributed by atoms with van der Waals surface area (Å²) < 4.78 is 10.8.